The molecule has 0 saturated heterocycles. The molecule has 0 unspecified atom stereocenters. The fourth-order valence-electron chi connectivity index (χ4n) is 3.25. The highest BCUT2D eigenvalue weighted by atomic mass is 16.2. The molecule has 0 bridgehead atoms. The summed E-state index contributed by atoms with van der Waals surface area (Å²) in [5.74, 6) is 0. The molecule has 1 aliphatic rings. The predicted octanol–water partition coefficient (Wildman–Crippen LogP) is 5.60. The van der Waals surface area contributed by atoms with Crippen molar-refractivity contribution in [2.45, 2.75) is 67.7 Å². The number of rotatable bonds is 0. The summed E-state index contributed by atoms with van der Waals surface area (Å²) in [6.07, 6.45) is 2.23. The van der Waals surface area contributed by atoms with E-state index in [9.17, 15) is 0 Å². The van der Waals surface area contributed by atoms with Crippen molar-refractivity contribution in [3.63, 3.8) is 0 Å². The molecule has 2 nitrogen and oxygen atoms in total. The Morgan fingerprint density at radius 2 is 1.45 bits per heavy atom. The van der Waals surface area contributed by atoms with E-state index in [2.05, 4.69) is 64.8 Å². The lowest BCUT2D eigenvalue weighted by molar-refractivity contribution is 0.399. The van der Waals surface area contributed by atoms with Crippen molar-refractivity contribution in [3.8, 4) is 0 Å². The lowest BCUT2D eigenvalue weighted by Crippen LogP contribution is -2.22. The summed E-state index contributed by atoms with van der Waals surface area (Å²) in [5, 5.41) is 7.00. The minimum atomic E-state index is 0.136. The molecule has 0 radical (unpaired) electrons. The number of anilines is 1. The average molecular weight is 308 g/mol. The quantitative estimate of drug-likeness (QED) is 0.675. The fraction of sp³-hybridized carbons (Fsp3) is 0.600. The second-order valence-electron chi connectivity index (χ2n) is 5.33. The van der Waals surface area contributed by atoms with Crippen LogP contribution in [0.2, 0.25) is 0 Å². The molecule has 0 spiro atoms. The second kappa shape index (κ2) is 10.4. The minimum Gasteiger partial charge on any atom is -0.400 e. The van der Waals surface area contributed by atoms with Crippen molar-refractivity contribution in [1.82, 2.24) is 0 Å². The number of aliphatic hydroxyl groups is 1. The van der Waals surface area contributed by atoms with Crippen LogP contribution in [0.4, 0.5) is 5.69 Å². The maximum Gasteiger partial charge on any atom is 0.0453 e. The number of hydrogen-bond donors (Lipinski definition) is 1. The average Bonchev–Trinajstić information content (AvgIpc) is 2.71. The Kier molecular flexibility index (Phi) is 10.9. The molecule has 0 amide bonds. The first kappa shape index (κ1) is 23.0. The zero-order chi connectivity index (χ0) is 18.1. The normalized spacial score (nSPS) is 15.6. The van der Waals surface area contributed by atoms with Crippen LogP contribution in [0.1, 0.15) is 65.2 Å². The molecule has 22 heavy (non-hydrogen) atoms. The summed E-state index contributed by atoms with van der Waals surface area (Å²) in [6, 6.07) is 4.58. The standard InChI is InChI=1S/C15H21N.2C2H6.CH4O/c1-7-13-15(4,5)14-11(3)8-10(2)9-12(14)16(13)6;3*1-2/h7-9H,1-6H3;2*1-2H3;2H,1H3/b13-7-;;;. The third-order valence-corrected chi connectivity index (χ3v) is 3.72. The third kappa shape index (κ3) is 4.36. The summed E-state index contributed by atoms with van der Waals surface area (Å²) in [7, 11) is 3.17. The number of aryl methyl sites for hydroxylation is 2. The second-order valence-corrected chi connectivity index (χ2v) is 5.33. The Hall–Kier alpha value is -1.28. The van der Waals surface area contributed by atoms with E-state index < -0.39 is 0 Å². The maximum atomic E-state index is 7.00. The summed E-state index contributed by atoms with van der Waals surface area (Å²) < 4.78 is 0. The van der Waals surface area contributed by atoms with Crippen molar-refractivity contribution in [3.05, 3.63) is 40.6 Å². The lowest BCUT2D eigenvalue weighted by atomic mass is 9.81. The van der Waals surface area contributed by atoms with E-state index in [4.69, 9.17) is 5.11 Å². The number of hydrogen-bond acceptors (Lipinski definition) is 2. The van der Waals surface area contributed by atoms with Gasteiger partial charge in [-0.25, -0.2) is 0 Å². The molecule has 0 saturated carbocycles. The van der Waals surface area contributed by atoms with Crippen LogP contribution in [0.3, 0.4) is 0 Å². The summed E-state index contributed by atoms with van der Waals surface area (Å²) in [5.41, 5.74) is 7.14. The molecule has 0 aromatic heterocycles. The summed E-state index contributed by atoms with van der Waals surface area (Å²) in [6.45, 7) is 19.1. The van der Waals surface area contributed by atoms with Gasteiger partial charge < -0.3 is 10.0 Å². The van der Waals surface area contributed by atoms with Gasteiger partial charge in [0, 0.05) is 31.0 Å². The molecule has 1 N–H and O–H groups in total. The number of allylic oxidation sites excluding steroid dienone is 2. The molecule has 2 rings (SSSR count). The van der Waals surface area contributed by atoms with Crippen LogP contribution in [0.15, 0.2) is 23.9 Å². The van der Waals surface area contributed by atoms with Gasteiger partial charge in [0.05, 0.1) is 0 Å². The lowest BCUT2D eigenvalue weighted by Gasteiger charge is -2.24. The Morgan fingerprint density at radius 1 is 1.00 bits per heavy atom. The predicted molar refractivity (Wildman–Crippen MR) is 102 cm³/mol. The van der Waals surface area contributed by atoms with Crippen molar-refractivity contribution in [2.75, 3.05) is 19.1 Å². The van der Waals surface area contributed by atoms with Gasteiger partial charge in [-0.1, -0.05) is 53.7 Å². The Bertz CT molecular complexity index is 473. The van der Waals surface area contributed by atoms with E-state index in [-0.39, 0.29) is 5.41 Å². The van der Waals surface area contributed by atoms with Crippen LogP contribution in [0, 0.1) is 13.8 Å². The van der Waals surface area contributed by atoms with Crippen molar-refractivity contribution in [2.24, 2.45) is 0 Å². The highest BCUT2D eigenvalue weighted by Gasteiger charge is 2.39. The van der Waals surface area contributed by atoms with E-state index in [1.807, 2.05) is 27.7 Å². The highest BCUT2D eigenvalue weighted by molar-refractivity contribution is 5.72. The van der Waals surface area contributed by atoms with Crippen molar-refractivity contribution < 1.29 is 5.11 Å². The highest BCUT2D eigenvalue weighted by Crippen LogP contribution is 2.48. The molecule has 1 aliphatic heterocycles. The van der Waals surface area contributed by atoms with Crippen molar-refractivity contribution >= 4 is 5.69 Å². The summed E-state index contributed by atoms with van der Waals surface area (Å²) >= 11 is 0. The van der Waals surface area contributed by atoms with Crippen LogP contribution in [-0.2, 0) is 5.41 Å². The number of aliphatic hydroxyl groups excluding tert-OH is 1. The number of likely N-dealkylation sites (N-methyl/N-ethyl adjacent to an activating group) is 1. The molecule has 1 heterocycles. The van der Waals surface area contributed by atoms with Crippen LogP contribution in [-0.4, -0.2) is 19.3 Å². The van der Waals surface area contributed by atoms with Crippen LogP contribution in [0.5, 0.6) is 0 Å². The van der Waals surface area contributed by atoms with Crippen LogP contribution in [0.25, 0.3) is 0 Å². The van der Waals surface area contributed by atoms with Gasteiger partial charge in [-0.3, -0.25) is 0 Å². The molecule has 1 aromatic carbocycles. The molecule has 0 aliphatic carbocycles. The smallest absolute Gasteiger partial charge is 0.0453 e. The van der Waals surface area contributed by atoms with Crippen molar-refractivity contribution in [1.29, 1.82) is 0 Å². The maximum absolute atomic E-state index is 7.00. The van der Waals surface area contributed by atoms with Crippen LogP contribution >= 0.6 is 0 Å². The van der Waals surface area contributed by atoms with Gasteiger partial charge in [-0.05, 0) is 43.5 Å². The SMILES string of the molecule is C/C=C1\N(C)c2cc(C)cc(C)c2C1(C)C.CC.CC.CO. The first-order valence-corrected chi connectivity index (χ1v) is 8.36. The number of benzene rings is 1. The Morgan fingerprint density at radius 3 is 1.86 bits per heavy atom. The molecule has 0 fully saturated rings. The largest absolute Gasteiger partial charge is 0.400 e. The van der Waals surface area contributed by atoms with E-state index >= 15 is 0 Å². The van der Waals surface area contributed by atoms with Gasteiger partial charge in [-0.2, -0.15) is 0 Å². The molecular formula is C20H37NO. The first-order valence-electron chi connectivity index (χ1n) is 8.36. The molecular weight excluding hydrogens is 270 g/mol. The van der Waals surface area contributed by atoms with Gasteiger partial charge in [0.2, 0.25) is 0 Å². The zero-order valence-electron chi connectivity index (χ0n) is 16.6. The number of fused-ring (bicyclic) bond motifs is 1. The topological polar surface area (TPSA) is 23.5 Å². The third-order valence-electron chi connectivity index (χ3n) is 3.72. The molecule has 128 valence electrons. The molecule has 2 heteroatoms. The van der Waals surface area contributed by atoms with Gasteiger partial charge in [0.15, 0.2) is 0 Å². The summed E-state index contributed by atoms with van der Waals surface area (Å²) in [4.78, 5) is 2.33. The van der Waals surface area contributed by atoms with Gasteiger partial charge >= 0.3 is 0 Å². The monoisotopic (exact) mass is 307 g/mol. The van der Waals surface area contributed by atoms with E-state index in [1.54, 1.807) is 0 Å². The van der Waals surface area contributed by atoms with Gasteiger partial charge in [-0.15, -0.1) is 0 Å². The van der Waals surface area contributed by atoms with Crippen LogP contribution < -0.4 is 4.90 Å². The van der Waals surface area contributed by atoms with E-state index in [1.165, 1.54) is 28.1 Å². The molecule has 0 atom stereocenters. The van der Waals surface area contributed by atoms with Gasteiger partial charge in [0.25, 0.3) is 0 Å². The first-order chi connectivity index (χ1) is 10.4. The molecule has 1 aromatic rings. The fourth-order valence-corrected chi connectivity index (χ4v) is 3.25. The van der Waals surface area contributed by atoms with Gasteiger partial charge in [0.1, 0.15) is 0 Å². The zero-order valence-corrected chi connectivity index (χ0v) is 16.6. The Balaban J connectivity index is 0. The number of nitrogens with zero attached hydrogens (tertiary/aromatic N) is 1. The van der Waals surface area contributed by atoms with E-state index in [0.29, 0.717) is 0 Å². The van der Waals surface area contributed by atoms with E-state index in [0.717, 1.165) is 7.11 Å². The minimum absolute atomic E-state index is 0.136. The Labute approximate surface area is 138 Å².